The number of hydrogen-bond acceptors (Lipinski definition) is 5. The van der Waals surface area contributed by atoms with Gasteiger partial charge in [0.25, 0.3) is 5.91 Å². The molecule has 0 aliphatic rings. The number of fused-ring (bicyclic) bond motifs is 2. The van der Waals surface area contributed by atoms with Gasteiger partial charge in [0.2, 0.25) is 5.91 Å². The molecule has 5 rings (SSSR count). The predicted molar refractivity (Wildman–Crippen MR) is 141 cm³/mol. The minimum atomic E-state index is -0.237. The second-order valence-electron chi connectivity index (χ2n) is 7.95. The molecule has 9 heteroatoms. The second-order valence-corrected chi connectivity index (χ2v) is 9.85. The maximum atomic E-state index is 13.4. The van der Waals surface area contributed by atoms with Crippen molar-refractivity contribution in [1.29, 1.82) is 0 Å². The Morgan fingerprint density at radius 1 is 1.03 bits per heavy atom. The number of nitrogens with zero attached hydrogens (tertiary/aromatic N) is 2. The Morgan fingerprint density at radius 2 is 1.77 bits per heavy atom. The highest BCUT2D eigenvalue weighted by Gasteiger charge is 2.22. The summed E-state index contributed by atoms with van der Waals surface area (Å²) in [6, 6.07) is 17.6. The summed E-state index contributed by atoms with van der Waals surface area (Å²) in [6.45, 7) is 1.84. The predicted octanol–water partition coefficient (Wildman–Crippen LogP) is 6.74. The van der Waals surface area contributed by atoms with Crippen molar-refractivity contribution in [3.63, 3.8) is 0 Å². The van der Waals surface area contributed by atoms with Gasteiger partial charge in [0.05, 0.1) is 29.3 Å². The van der Waals surface area contributed by atoms with E-state index in [1.165, 1.54) is 11.3 Å². The number of ether oxygens (including phenoxy) is 1. The zero-order valence-corrected chi connectivity index (χ0v) is 21.1. The summed E-state index contributed by atoms with van der Waals surface area (Å²) in [4.78, 5) is 31.0. The fourth-order valence-electron chi connectivity index (χ4n) is 4.07. The van der Waals surface area contributed by atoms with Crippen molar-refractivity contribution >= 4 is 72.6 Å². The second kappa shape index (κ2) is 9.34. The van der Waals surface area contributed by atoms with Gasteiger partial charge in [-0.25, -0.2) is 4.98 Å². The van der Waals surface area contributed by atoms with Crippen LogP contribution in [0.1, 0.15) is 21.6 Å². The summed E-state index contributed by atoms with van der Waals surface area (Å²) in [6.07, 6.45) is 0.0626. The van der Waals surface area contributed by atoms with E-state index in [9.17, 15) is 9.59 Å². The first-order valence-electron chi connectivity index (χ1n) is 10.7. The quantitative estimate of drug-likeness (QED) is 0.276. The zero-order chi connectivity index (χ0) is 24.7. The summed E-state index contributed by atoms with van der Waals surface area (Å²) in [5, 5.41) is 5.31. The molecule has 0 saturated heterocycles. The number of anilines is 1. The van der Waals surface area contributed by atoms with E-state index in [0.717, 1.165) is 21.2 Å². The van der Waals surface area contributed by atoms with E-state index in [-0.39, 0.29) is 18.2 Å². The Labute approximate surface area is 215 Å². The zero-order valence-electron chi connectivity index (χ0n) is 18.8. The Kier molecular flexibility index (Phi) is 6.23. The van der Waals surface area contributed by atoms with Gasteiger partial charge in [0, 0.05) is 26.7 Å². The molecule has 0 radical (unpaired) electrons. The van der Waals surface area contributed by atoms with Crippen LogP contribution in [0.4, 0.5) is 5.13 Å². The molecular weight excluding hydrogens is 505 g/mol. The lowest BCUT2D eigenvalue weighted by Gasteiger charge is -2.08. The SMILES string of the molecule is COc1ccc2c(c1)c(CC(=O)Nc1nc3ccc(Cl)cc3s1)c(C)n2C(=O)c1ccc(Cl)cc1. The van der Waals surface area contributed by atoms with E-state index in [1.54, 1.807) is 48.1 Å². The number of aromatic nitrogens is 2. The summed E-state index contributed by atoms with van der Waals surface area (Å²) < 4.78 is 7.91. The van der Waals surface area contributed by atoms with Crippen LogP contribution in [0.3, 0.4) is 0 Å². The Balaban J connectivity index is 1.51. The van der Waals surface area contributed by atoms with Crippen LogP contribution >= 0.6 is 34.5 Å². The number of carbonyl (C=O) groups is 2. The van der Waals surface area contributed by atoms with Gasteiger partial charge >= 0.3 is 0 Å². The van der Waals surface area contributed by atoms with E-state index in [1.807, 2.05) is 31.2 Å². The van der Waals surface area contributed by atoms with E-state index in [4.69, 9.17) is 27.9 Å². The number of thiazole rings is 1. The van der Waals surface area contributed by atoms with E-state index in [2.05, 4.69) is 10.3 Å². The number of amides is 1. The van der Waals surface area contributed by atoms with Crippen molar-refractivity contribution in [3.05, 3.63) is 87.5 Å². The van der Waals surface area contributed by atoms with Crippen molar-refractivity contribution in [1.82, 2.24) is 9.55 Å². The maximum Gasteiger partial charge on any atom is 0.262 e. The third-order valence-corrected chi connectivity index (χ3v) is 7.19. The largest absolute Gasteiger partial charge is 0.497 e. The van der Waals surface area contributed by atoms with Gasteiger partial charge in [0.15, 0.2) is 5.13 Å². The summed E-state index contributed by atoms with van der Waals surface area (Å²) in [7, 11) is 1.58. The Hall–Kier alpha value is -3.39. The summed E-state index contributed by atoms with van der Waals surface area (Å²) in [5.41, 5.74) is 3.37. The standard InChI is InChI=1S/C26H19Cl2N3O3S/c1-14-19(13-24(32)30-26-29-21-9-7-17(28)11-23(21)35-26)20-12-18(34-2)8-10-22(20)31(14)25(33)15-3-5-16(27)6-4-15/h3-12H,13H2,1-2H3,(H,29,30,32). The molecule has 35 heavy (non-hydrogen) atoms. The molecule has 2 aromatic heterocycles. The fraction of sp³-hybridized carbons (Fsp3) is 0.115. The maximum absolute atomic E-state index is 13.4. The van der Waals surface area contributed by atoms with E-state index in [0.29, 0.717) is 37.7 Å². The highest BCUT2D eigenvalue weighted by molar-refractivity contribution is 7.22. The van der Waals surface area contributed by atoms with Crippen LogP contribution in [-0.2, 0) is 11.2 Å². The highest BCUT2D eigenvalue weighted by Crippen LogP contribution is 2.32. The lowest BCUT2D eigenvalue weighted by Crippen LogP contribution is -2.16. The van der Waals surface area contributed by atoms with Crippen molar-refractivity contribution in [3.8, 4) is 5.75 Å². The first kappa shape index (κ1) is 23.4. The number of nitrogens with one attached hydrogen (secondary N) is 1. The number of hydrogen-bond donors (Lipinski definition) is 1. The van der Waals surface area contributed by atoms with Crippen molar-refractivity contribution < 1.29 is 14.3 Å². The molecule has 3 aromatic carbocycles. The van der Waals surface area contributed by atoms with Gasteiger partial charge in [0.1, 0.15) is 5.75 Å². The first-order valence-corrected chi connectivity index (χ1v) is 12.3. The minimum Gasteiger partial charge on any atom is -0.497 e. The fourth-order valence-corrected chi connectivity index (χ4v) is 5.36. The first-order chi connectivity index (χ1) is 16.8. The average Bonchev–Trinajstić information content (AvgIpc) is 3.35. The lowest BCUT2D eigenvalue weighted by atomic mass is 10.1. The van der Waals surface area contributed by atoms with Gasteiger partial charge in [-0.05, 0) is 73.2 Å². The molecule has 6 nitrogen and oxygen atoms in total. The molecule has 176 valence electrons. The van der Waals surface area contributed by atoms with Crippen molar-refractivity contribution in [2.45, 2.75) is 13.3 Å². The summed E-state index contributed by atoms with van der Waals surface area (Å²) in [5.74, 6) is 0.196. The average molecular weight is 524 g/mol. The number of carbonyl (C=O) groups excluding carboxylic acids is 2. The van der Waals surface area contributed by atoms with E-state index < -0.39 is 0 Å². The molecule has 1 N–H and O–H groups in total. The molecule has 0 unspecified atom stereocenters. The number of rotatable bonds is 5. The number of benzene rings is 3. The molecule has 0 aliphatic carbocycles. The summed E-state index contributed by atoms with van der Waals surface area (Å²) >= 11 is 13.4. The van der Waals surface area contributed by atoms with Crippen LogP contribution < -0.4 is 10.1 Å². The van der Waals surface area contributed by atoms with Gasteiger partial charge in [-0.2, -0.15) is 0 Å². The molecule has 0 aliphatic heterocycles. The Bertz CT molecular complexity index is 1610. The van der Waals surface area contributed by atoms with Crippen molar-refractivity contribution in [2.24, 2.45) is 0 Å². The molecular formula is C26H19Cl2N3O3S. The minimum absolute atomic E-state index is 0.0626. The molecule has 5 aromatic rings. The normalized spacial score (nSPS) is 11.2. The Morgan fingerprint density at radius 3 is 2.51 bits per heavy atom. The van der Waals surface area contributed by atoms with Gasteiger partial charge in [-0.15, -0.1) is 0 Å². The molecule has 2 heterocycles. The third-order valence-electron chi connectivity index (χ3n) is 5.77. The monoisotopic (exact) mass is 523 g/mol. The number of methoxy groups -OCH3 is 1. The lowest BCUT2D eigenvalue weighted by molar-refractivity contribution is -0.115. The molecule has 0 fully saturated rings. The third kappa shape index (κ3) is 4.50. The van der Waals surface area contributed by atoms with Crippen LogP contribution in [0.15, 0.2) is 60.7 Å². The van der Waals surface area contributed by atoms with Gasteiger partial charge < -0.3 is 10.1 Å². The molecule has 0 saturated carbocycles. The van der Waals surface area contributed by atoms with Crippen molar-refractivity contribution in [2.75, 3.05) is 12.4 Å². The topological polar surface area (TPSA) is 73.2 Å². The van der Waals surface area contributed by atoms with Crippen LogP contribution in [0.25, 0.3) is 21.1 Å². The molecule has 0 spiro atoms. The molecule has 1 amide bonds. The smallest absolute Gasteiger partial charge is 0.262 e. The van der Waals surface area contributed by atoms with Crippen LogP contribution in [0, 0.1) is 6.92 Å². The van der Waals surface area contributed by atoms with Gasteiger partial charge in [-0.1, -0.05) is 34.5 Å². The molecule has 0 bridgehead atoms. The number of halogens is 2. The molecule has 0 atom stereocenters. The van der Waals surface area contributed by atoms with Gasteiger partial charge in [-0.3, -0.25) is 14.2 Å². The van der Waals surface area contributed by atoms with Crippen LogP contribution in [-0.4, -0.2) is 28.5 Å². The highest BCUT2D eigenvalue weighted by atomic mass is 35.5. The van der Waals surface area contributed by atoms with Crippen LogP contribution in [0.5, 0.6) is 5.75 Å². The van der Waals surface area contributed by atoms with E-state index >= 15 is 0 Å². The van der Waals surface area contributed by atoms with Crippen LogP contribution in [0.2, 0.25) is 10.0 Å².